The summed E-state index contributed by atoms with van der Waals surface area (Å²) < 4.78 is 54.4. The lowest BCUT2D eigenvalue weighted by molar-refractivity contribution is -0.142. The Labute approximate surface area is 157 Å². The third kappa shape index (κ3) is 3.56. The molecule has 9 heteroatoms. The van der Waals surface area contributed by atoms with Crippen LogP contribution < -0.4 is 5.32 Å². The molecule has 0 unspecified atom stereocenters. The van der Waals surface area contributed by atoms with E-state index in [1.807, 2.05) is 0 Å². The van der Waals surface area contributed by atoms with Crippen molar-refractivity contribution in [2.45, 2.75) is 37.9 Å². The van der Waals surface area contributed by atoms with Crippen molar-refractivity contribution < 1.29 is 22.4 Å². The van der Waals surface area contributed by atoms with E-state index in [2.05, 4.69) is 15.4 Å². The minimum Gasteiger partial charge on any atom is -0.348 e. The smallest absolute Gasteiger partial charge is 0.348 e. The van der Waals surface area contributed by atoms with Crippen LogP contribution >= 0.6 is 0 Å². The summed E-state index contributed by atoms with van der Waals surface area (Å²) in [4.78, 5) is 16.6. The molecule has 4 rings (SSSR count). The second-order valence-corrected chi connectivity index (χ2v) is 6.79. The molecule has 1 aromatic carbocycles. The molecule has 1 saturated carbocycles. The number of hydrogen-bond acceptors (Lipinski definition) is 3. The van der Waals surface area contributed by atoms with Crippen LogP contribution in [0, 0.1) is 5.82 Å². The third-order valence-electron chi connectivity index (χ3n) is 4.78. The zero-order valence-corrected chi connectivity index (χ0v) is 14.6. The van der Waals surface area contributed by atoms with Crippen LogP contribution in [0.4, 0.5) is 17.6 Å². The van der Waals surface area contributed by atoms with Crippen LogP contribution in [0.1, 0.15) is 41.9 Å². The molecular weight excluding hydrogens is 376 g/mol. The number of alkyl halides is 3. The molecule has 0 saturated heterocycles. The Bertz CT molecular complexity index is 1020. The van der Waals surface area contributed by atoms with Crippen LogP contribution in [0.5, 0.6) is 0 Å². The zero-order valence-electron chi connectivity index (χ0n) is 14.6. The highest BCUT2D eigenvalue weighted by Crippen LogP contribution is 2.32. The van der Waals surface area contributed by atoms with E-state index < -0.39 is 23.6 Å². The lowest BCUT2D eigenvalue weighted by Gasteiger charge is -2.11. The lowest BCUT2D eigenvalue weighted by atomic mass is 10.1. The molecule has 0 spiro atoms. The van der Waals surface area contributed by atoms with E-state index in [0.717, 1.165) is 43.9 Å². The molecule has 2 aromatic heterocycles. The molecule has 1 N–H and O–H groups in total. The van der Waals surface area contributed by atoms with E-state index in [1.54, 1.807) is 0 Å². The molecule has 3 aromatic rings. The van der Waals surface area contributed by atoms with Crippen molar-refractivity contribution >= 4 is 11.6 Å². The van der Waals surface area contributed by atoms with Gasteiger partial charge in [-0.25, -0.2) is 13.9 Å². The minimum atomic E-state index is -4.71. The van der Waals surface area contributed by atoms with Gasteiger partial charge < -0.3 is 5.32 Å². The van der Waals surface area contributed by atoms with Crippen LogP contribution in [0.2, 0.25) is 0 Å². The number of rotatable bonds is 3. The molecular formula is C19H16F4N4O. The van der Waals surface area contributed by atoms with Gasteiger partial charge in [0, 0.05) is 17.7 Å². The average molecular weight is 392 g/mol. The quantitative estimate of drug-likeness (QED) is 0.679. The van der Waals surface area contributed by atoms with Crippen LogP contribution in [-0.4, -0.2) is 26.5 Å². The molecule has 1 amide bonds. The van der Waals surface area contributed by atoms with Crippen molar-refractivity contribution in [3.63, 3.8) is 0 Å². The number of hydrogen-bond donors (Lipinski definition) is 1. The fourth-order valence-corrected chi connectivity index (χ4v) is 3.39. The average Bonchev–Trinajstić information content (AvgIpc) is 3.29. The maximum atomic E-state index is 13.6. The monoisotopic (exact) mass is 392 g/mol. The summed E-state index contributed by atoms with van der Waals surface area (Å²) >= 11 is 0. The second-order valence-electron chi connectivity index (χ2n) is 6.79. The van der Waals surface area contributed by atoms with E-state index in [9.17, 15) is 22.4 Å². The van der Waals surface area contributed by atoms with Crippen LogP contribution in [0.15, 0.2) is 36.4 Å². The normalized spacial score (nSPS) is 15.3. The molecule has 1 aliphatic rings. The highest BCUT2D eigenvalue weighted by atomic mass is 19.4. The Kier molecular flexibility index (Phi) is 4.52. The molecule has 146 valence electrons. The van der Waals surface area contributed by atoms with Crippen molar-refractivity contribution in [3.8, 4) is 11.3 Å². The van der Waals surface area contributed by atoms with Crippen LogP contribution in [-0.2, 0) is 6.18 Å². The predicted molar refractivity (Wildman–Crippen MR) is 93.1 cm³/mol. The summed E-state index contributed by atoms with van der Waals surface area (Å²) in [5.41, 5.74) is -0.946. The fraction of sp³-hybridized carbons (Fsp3) is 0.316. The summed E-state index contributed by atoms with van der Waals surface area (Å²) in [5.74, 6) is -1.02. The summed E-state index contributed by atoms with van der Waals surface area (Å²) in [7, 11) is 0. The Morgan fingerprint density at radius 1 is 1.11 bits per heavy atom. The number of carbonyl (C=O) groups is 1. The first kappa shape index (κ1) is 18.4. The first-order chi connectivity index (χ1) is 13.3. The number of aromatic nitrogens is 3. The SMILES string of the molecule is O=C(NC1CCCC1)c1cc2nc(-c3ccc(F)cc3)cc(C(F)(F)F)n2n1. The first-order valence-corrected chi connectivity index (χ1v) is 8.86. The maximum Gasteiger partial charge on any atom is 0.433 e. The Morgan fingerprint density at radius 2 is 1.79 bits per heavy atom. The molecule has 0 aliphatic heterocycles. The Morgan fingerprint density at radius 3 is 2.43 bits per heavy atom. The van der Waals surface area contributed by atoms with Gasteiger partial charge in [0.05, 0.1) is 5.69 Å². The molecule has 1 fully saturated rings. The van der Waals surface area contributed by atoms with E-state index in [1.165, 1.54) is 18.2 Å². The van der Waals surface area contributed by atoms with E-state index in [4.69, 9.17) is 0 Å². The minimum absolute atomic E-state index is 0.0159. The number of amides is 1. The van der Waals surface area contributed by atoms with Gasteiger partial charge in [0.25, 0.3) is 5.91 Å². The van der Waals surface area contributed by atoms with Gasteiger partial charge in [0.2, 0.25) is 0 Å². The van der Waals surface area contributed by atoms with Gasteiger partial charge in [-0.3, -0.25) is 4.79 Å². The number of halogens is 4. The number of nitrogens with one attached hydrogen (secondary N) is 1. The van der Waals surface area contributed by atoms with Crippen molar-refractivity contribution in [2.24, 2.45) is 0 Å². The summed E-state index contributed by atoms with van der Waals surface area (Å²) in [6.45, 7) is 0. The number of fused-ring (bicyclic) bond motifs is 1. The van der Waals surface area contributed by atoms with Gasteiger partial charge in [-0.05, 0) is 43.2 Å². The van der Waals surface area contributed by atoms with Crippen LogP contribution in [0.25, 0.3) is 16.9 Å². The Balaban J connectivity index is 1.77. The zero-order chi connectivity index (χ0) is 19.9. The summed E-state index contributed by atoms with van der Waals surface area (Å²) in [5, 5.41) is 6.63. The summed E-state index contributed by atoms with van der Waals surface area (Å²) in [6.07, 6.45) is -0.991. The fourth-order valence-electron chi connectivity index (χ4n) is 3.39. The van der Waals surface area contributed by atoms with Crippen molar-refractivity contribution in [1.82, 2.24) is 19.9 Å². The number of benzene rings is 1. The second kappa shape index (κ2) is 6.88. The van der Waals surface area contributed by atoms with Gasteiger partial charge in [0.15, 0.2) is 17.0 Å². The van der Waals surface area contributed by atoms with Crippen molar-refractivity contribution in [3.05, 3.63) is 53.6 Å². The predicted octanol–water partition coefficient (Wildman–Crippen LogP) is 4.23. The number of nitrogens with zero attached hydrogens (tertiary/aromatic N) is 3. The first-order valence-electron chi connectivity index (χ1n) is 8.86. The maximum absolute atomic E-state index is 13.6. The van der Waals surface area contributed by atoms with Gasteiger partial charge >= 0.3 is 6.18 Å². The molecule has 1 aliphatic carbocycles. The number of carbonyl (C=O) groups excluding carboxylic acids is 1. The highest BCUT2D eigenvalue weighted by Gasteiger charge is 2.35. The third-order valence-corrected chi connectivity index (χ3v) is 4.78. The standard InChI is InChI=1S/C19H16F4N4O/c20-12-7-5-11(6-8-12)14-9-16(19(21,22)23)27-17(25-14)10-15(26-27)18(28)24-13-3-1-2-4-13/h5-10,13H,1-4H2,(H,24,28). The molecule has 5 nitrogen and oxygen atoms in total. The van der Waals surface area contributed by atoms with E-state index in [0.29, 0.717) is 10.1 Å². The molecule has 0 atom stereocenters. The van der Waals surface area contributed by atoms with Gasteiger partial charge in [-0.15, -0.1) is 0 Å². The summed E-state index contributed by atoms with van der Waals surface area (Å²) in [6, 6.07) is 7.06. The molecule has 28 heavy (non-hydrogen) atoms. The lowest BCUT2D eigenvalue weighted by Crippen LogP contribution is -2.32. The van der Waals surface area contributed by atoms with Crippen molar-refractivity contribution in [2.75, 3.05) is 0 Å². The van der Waals surface area contributed by atoms with Crippen molar-refractivity contribution in [1.29, 1.82) is 0 Å². The van der Waals surface area contributed by atoms with E-state index >= 15 is 0 Å². The highest BCUT2D eigenvalue weighted by molar-refractivity contribution is 5.93. The molecule has 2 heterocycles. The van der Waals surface area contributed by atoms with Gasteiger partial charge in [-0.1, -0.05) is 12.8 Å². The largest absolute Gasteiger partial charge is 0.433 e. The van der Waals surface area contributed by atoms with Gasteiger partial charge in [-0.2, -0.15) is 18.3 Å². The van der Waals surface area contributed by atoms with E-state index in [-0.39, 0.29) is 23.1 Å². The molecule has 0 bridgehead atoms. The molecule has 0 radical (unpaired) electrons. The van der Waals surface area contributed by atoms with Crippen LogP contribution in [0.3, 0.4) is 0 Å². The Hall–Kier alpha value is -2.97. The topological polar surface area (TPSA) is 59.3 Å². The van der Waals surface area contributed by atoms with Gasteiger partial charge in [0.1, 0.15) is 5.82 Å².